The molecule has 26 heavy (non-hydrogen) atoms. The Morgan fingerprint density at radius 2 is 1.96 bits per heavy atom. The van der Waals surface area contributed by atoms with Crippen molar-refractivity contribution >= 4 is 15.9 Å². The predicted molar refractivity (Wildman–Crippen MR) is 100 cm³/mol. The van der Waals surface area contributed by atoms with E-state index in [1.54, 1.807) is 23.2 Å². The number of nitrogens with one attached hydrogen (secondary N) is 2. The van der Waals surface area contributed by atoms with Crippen LogP contribution in [0.5, 0.6) is 0 Å². The Hall–Kier alpha value is -2.19. The van der Waals surface area contributed by atoms with Crippen LogP contribution in [0, 0.1) is 6.92 Å². The molecule has 0 radical (unpaired) electrons. The van der Waals surface area contributed by atoms with Gasteiger partial charge in [0, 0.05) is 30.5 Å². The highest BCUT2D eigenvalue weighted by Crippen LogP contribution is 2.19. The summed E-state index contributed by atoms with van der Waals surface area (Å²) >= 11 is 0. The van der Waals surface area contributed by atoms with Crippen molar-refractivity contribution in [1.29, 1.82) is 0 Å². The number of sulfonamides is 1. The van der Waals surface area contributed by atoms with E-state index in [2.05, 4.69) is 14.7 Å². The van der Waals surface area contributed by atoms with Crippen LogP contribution < -0.4 is 4.72 Å². The zero-order valence-electron chi connectivity index (χ0n) is 15.6. The second-order valence-electron chi connectivity index (χ2n) is 6.04. The van der Waals surface area contributed by atoms with Crippen molar-refractivity contribution in [2.75, 3.05) is 13.1 Å². The number of nitrogens with zero attached hydrogens (tertiary/aromatic N) is 2. The number of imidazole rings is 1. The van der Waals surface area contributed by atoms with E-state index in [1.807, 2.05) is 27.7 Å². The lowest BCUT2D eigenvalue weighted by Gasteiger charge is -2.19. The molecule has 2 rings (SSSR count). The van der Waals surface area contributed by atoms with Gasteiger partial charge in [-0.1, -0.05) is 13.0 Å². The van der Waals surface area contributed by atoms with Gasteiger partial charge in [0.25, 0.3) is 5.91 Å². The van der Waals surface area contributed by atoms with E-state index in [0.717, 1.165) is 5.69 Å². The van der Waals surface area contributed by atoms with Crippen LogP contribution in [-0.2, 0) is 10.0 Å². The molecule has 8 heteroatoms. The number of aromatic amines is 1. The largest absolute Gasteiger partial charge is 0.345 e. The number of aryl methyl sites for hydroxylation is 1. The minimum atomic E-state index is -3.79. The number of rotatable bonds is 8. The zero-order chi connectivity index (χ0) is 19.3. The third kappa shape index (κ3) is 4.50. The molecule has 1 atom stereocenters. The lowest BCUT2D eigenvalue weighted by atomic mass is 10.2. The molecule has 0 saturated carbocycles. The maximum Gasteiger partial charge on any atom is 0.253 e. The number of amides is 1. The fourth-order valence-electron chi connectivity index (χ4n) is 2.69. The number of carbonyl (C=O) groups is 1. The number of benzene rings is 1. The van der Waals surface area contributed by atoms with Gasteiger partial charge in [0.15, 0.2) is 0 Å². The van der Waals surface area contributed by atoms with E-state index in [1.165, 1.54) is 12.1 Å². The number of hydrogen-bond acceptors (Lipinski definition) is 4. The van der Waals surface area contributed by atoms with Gasteiger partial charge in [0.05, 0.1) is 10.9 Å². The van der Waals surface area contributed by atoms with Gasteiger partial charge in [-0.25, -0.2) is 18.1 Å². The molecule has 0 bridgehead atoms. The van der Waals surface area contributed by atoms with Gasteiger partial charge >= 0.3 is 0 Å². The molecule has 142 valence electrons. The molecule has 2 aromatic rings. The Morgan fingerprint density at radius 3 is 2.50 bits per heavy atom. The normalized spacial score (nSPS) is 12.8. The zero-order valence-corrected chi connectivity index (χ0v) is 16.4. The van der Waals surface area contributed by atoms with Crippen molar-refractivity contribution in [3.8, 4) is 0 Å². The van der Waals surface area contributed by atoms with Crippen molar-refractivity contribution in [3.05, 3.63) is 47.5 Å². The van der Waals surface area contributed by atoms with Crippen molar-refractivity contribution in [1.82, 2.24) is 19.6 Å². The minimum absolute atomic E-state index is 0.0669. The first-order valence-corrected chi connectivity index (χ1v) is 10.2. The molecule has 0 aliphatic rings. The van der Waals surface area contributed by atoms with Gasteiger partial charge in [0.1, 0.15) is 5.82 Å². The summed E-state index contributed by atoms with van der Waals surface area (Å²) in [5.41, 5.74) is 1.22. The van der Waals surface area contributed by atoms with Gasteiger partial charge in [-0.3, -0.25) is 4.79 Å². The summed E-state index contributed by atoms with van der Waals surface area (Å²) < 4.78 is 28.2. The topological polar surface area (TPSA) is 95.2 Å². The molecular weight excluding hydrogens is 352 g/mol. The number of carbonyl (C=O) groups excluding carboxylic acids is 1. The molecule has 0 unspecified atom stereocenters. The highest BCUT2D eigenvalue weighted by molar-refractivity contribution is 7.89. The fourth-order valence-corrected chi connectivity index (χ4v) is 4.02. The highest BCUT2D eigenvalue weighted by atomic mass is 32.2. The SMILES string of the molecule is CC[C@H](NS(=O)(=O)c1cccc(C(=O)N(CC)CC)c1)c1ncc(C)[nH]1. The van der Waals surface area contributed by atoms with Gasteiger partial charge in [-0.15, -0.1) is 0 Å². The quantitative estimate of drug-likeness (QED) is 0.738. The summed E-state index contributed by atoms with van der Waals surface area (Å²) in [4.78, 5) is 21.5. The van der Waals surface area contributed by atoms with Crippen LogP contribution in [0.2, 0.25) is 0 Å². The summed E-state index contributed by atoms with van der Waals surface area (Å²) in [6.45, 7) is 8.66. The maximum atomic E-state index is 12.8. The van der Waals surface area contributed by atoms with Crippen molar-refractivity contribution < 1.29 is 13.2 Å². The fraction of sp³-hybridized carbons (Fsp3) is 0.444. The number of H-pyrrole nitrogens is 1. The van der Waals surface area contributed by atoms with Gasteiger partial charge < -0.3 is 9.88 Å². The Bertz CT molecular complexity index is 857. The summed E-state index contributed by atoms with van der Waals surface area (Å²) in [5.74, 6) is 0.393. The van der Waals surface area contributed by atoms with Gasteiger partial charge in [-0.2, -0.15) is 0 Å². The average Bonchev–Trinajstić information content (AvgIpc) is 3.07. The lowest BCUT2D eigenvalue weighted by Crippen LogP contribution is -2.31. The smallest absolute Gasteiger partial charge is 0.253 e. The monoisotopic (exact) mass is 378 g/mol. The second kappa shape index (κ2) is 8.46. The van der Waals surface area contributed by atoms with Crippen LogP contribution in [-0.4, -0.2) is 42.3 Å². The van der Waals surface area contributed by atoms with Crippen LogP contribution in [0.15, 0.2) is 35.4 Å². The predicted octanol–water partition coefficient (Wildman–Crippen LogP) is 2.63. The van der Waals surface area contributed by atoms with E-state index in [-0.39, 0.29) is 10.8 Å². The average molecular weight is 378 g/mol. The van der Waals surface area contributed by atoms with E-state index in [0.29, 0.717) is 30.9 Å². The van der Waals surface area contributed by atoms with Crippen LogP contribution >= 0.6 is 0 Å². The van der Waals surface area contributed by atoms with Crippen molar-refractivity contribution in [2.24, 2.45) is 0 Å². The summed E-state index contributed by atoms with van der Waals surface area (Å²) in [7, 11) is -3.79. The molecule has 1 amide bonds. The Balaban J connectivity index is 2.28. The van der Waals surface area contributed by atoms with Crippen molar-refractivity contribution in [2.45, 2.75) is 45.1 Å². The van der Waals surface area contributed by atoms with Crippen LogP contribution in [0.4, 0.5) is 0 Å². The van der Waals surface area contributed by atoms with E-state index in [4.69, 9.17) is 0 Å². The number of hydrogen-bond donors (Lipinski definition) is 2. The Kier molecular flexibility index (Phi) is 6.55. The molecule has 0 saturated heterocycles. The minimum Gasteiger partial charge on any atom is -0.345 e. The Labute approximate surface area is 154 Å². The van der Waals surface area contributed by atoms with Crippen LogP contribution in [0.25, 0.3) is 0 Å². The maximum absolute atomic E-state index is 12.8. The first-order chi connectivity index (χ1) is 12.3. The summed E-state index contributed by atoms with van der Waals surface area (Å²) in [5, 5.41) is 0. The van der Waals surface area contributed by atoms with E-state index < -0.39 is 16.1 Å². The molecule has 1 aromatic carbocycles. The van der Waals surface area contributed by atoms with Crippen molar-refractivity contribution in [3.63, 3.8) is 0 Å². The second-order valence-corrected chi connectivity index (χ2v) is 7.75. The molecule has 1 heterocycles. The van der Waals surface area contributed by atoms with Crippen LogP contribution in [0.3, 0.4) is 0 Å². The summed E-state index contributed by atoms with van der Waals surface area (Å²) in [6, 6.07) is 5.66. The Morgan fingerprint density at radius 1 is 1.27 bits per heavy atom. The highest BCUT2D eigenvalue weighted by Gasteiger charge is 2.23. The van der Waals surface area contributed by atoms with E-state index >= 15 is 0 Å². The molecule has 7 nitrogen and oxygen atoms in total. The molecule has 0 fully saturated rings. The summed E-state index contributed by atoms with van der Waals surface area (Å²) in [6.07, 6.45) is 2.21. The van der Waals surface area contributed by atoms with Crippen LogP contribution in [0.1, 0.15) is 55.1 Å². The third-order valence-electron chi connectivity index (χ3n) is 4.20. The van der Waals surface area contributed by atoms with Gasteiger partial charge in [0.2, 0.25) is 10.0 Å². The standard InChI is InChI=1S/C18H26N4O3S/c1-5-16(17-19-12-13(4)20-17)21-26(24,25)15-10-8-9-14(11-15)18(23)22(6-2)7-3/h8-12,16,21H,5-7H2,1-4H3,(H,19,20)/t16-/m0/s1. The number of aromatic nitrogens is 2. The first kappa shape index (κ1) is 20.1. The molecule has 0 aliphatic carbocycles. The molecule has 0 spiro atoms. The molecule has 1 aromatic heterocycles. The van der Waals surface area contributed by atoms with E-state index in [9.17, 15) is 13.2 Å². The molecule has 2 N–H and O–H groups in total. The van der Waals surface area contributed by atoms with Gasteiger partial charge in [-0.05, 0) is 45.4 Å². The first-order valence-electron chi connectivity index (χ1n) is 8.75. The molecular formula is C18H26N4O3S. The third-order valence-corrected chi connectivity index (χ3v) is 5.67. The lowest BCUT2D eigenvalue weighted by molar-refractivity contribution is 0.0772. The molecule has 0 aliphatic heterocycles.